The highest BCUT2D eigenvalue weighted by Crippen LogP contribution is 2.30. The molecule has 2 N–H and O–H groups in total. The van der Waals surface area contributed by atoms with Gasteiger partial charge in [0.1, 0.15) is 11.8 Å². The molecule has 0 spiro atoms. The van der Waals surface area contributed by atoms with Crippen molar-refractivity contribution in [1.82, 2.24) is 5.32 Å². The number of halogens is 3. The van der Waals surface area contributed by atoms with Crippen LogP contribution >= 0.6 is 28.1 Å². The quantitative estimate of drug-likeness (QED) is 0.624. The van der Waals surface area contributed by atoms with Crippen molar-refractivity contribution >= 4 is 56.3 Å². The fourth-order valence-corrected chi connectivity index (χ4v) is 3.06. The minimum Gasteiger partial charge on any atom is -0.442 e. The molecule has 0 aliphatic carbocycles. The average Bonchev–Trinajstić information content (AvgIpc) is 2.95. The number of thiocarbonyl (C=S) groups is 1. The number of carbonyl (C=O) groups is 1. The predicted molar refractivity (Wildman–Crippen MR) is 114 cm³/mol. The summed E-state index contributed by atoms with van der Waals surface area (Å²) in [5.41, 5.74) is -0.912. The van der Waals surface area contributed by atoms with E-state index in [9.17, 15) is 18.4 Å². The van der Waals surface area contributed by atoms with Crippen LogP contribution in [0.3, 0.4) is 0 Å². The maximum atomic E-state index is 14.6. The van der Waals surface area contributed by atoms with Crippen LogP contribution in [0.1, 0.15) is 6.92 Å². The monoisotopic (exact) mass is 483 g/mol. The molecule has 1 amide bonds. The number of benzene rings is 1. The number of anilines is 3. The van der Waals surface area contributed by atoms with Gasteiger partial charge in [0.15, 0.2) is 11.6 Å². The van der Waals surface area contributed by atoms with Gasteiger partial charge in [-0.15, -0.1) is 0 Å². The van der Waals surface area contributed by atoms with Crippen LogP contribution in [-0.4, -0.2) is 30.3 Å². The van der Waals surface area contributed by atoms with Gasteiger partial charge in [0.2, 0.25) is 5.43 Å². The second-order valence-electron chi connectivity index (χ2n) is 6.29. The summed E-state index contributed by atoms with van der Waals surface area (Å²) in [6.07, 6.45) is -1.21. The molecule has 1 saturated heterocycles. The first-order valence-corrected chi connectivity index (χ1v) is 9.73. The standard InChI is InChI=1S/C19H16BrF2N3O3S/c1-10(29)23-8-13-9-25(19(27)28-13)12-6-14(21)18(15(22)7-12)24-16-4-2-11(20)3-5-17(16)26/h2-7,13H,8-9H2,1H3,(H,23,29)(H,24,26)/t13-/m0/s1. The van der Waals surface area contributed by atoms with E-state index in [1.54, 1.807) is 13.0 Å². The normalized spacial score (nSPS) is 15.8. The molecule has 29 heavy (non-hydrogen) atoms. The Morgan fingerprint density at radius 3 is 2.55 bits per heavy atom. The summed E-state index contributed by atoms with van der Waals surface area (Å²) in [5, 5.41) is 5.37. The summed E-state index contributed by atoms with van der Waals surface area (Å²) >= 11 is 8.14. The molecule has 2 aromatic carbocycles. The van der Waals surface area contributed by atoms with E-state index in [1.807, 2.05) is 0 Å². The van der Waals surface area contributed by atoms with E-state index in [0.29, 0.717) is 16.0 Å². The molecule has 152 valence electrons. The van der Waals surface area contributed by atoms with Crippen LogP contribution in [0.15, 0.2) is 45.7 Å². The largest absolute Gasteiger partial charge is 0.442 e. The molecule has 0 radical (unpaired) electrons. The molecular formula is C19H16BrF2N3O3S. The van der Waals surface area contributed by atoms with Crippen LogP contribution in [0.5, 0.6) is 0 Å². The zero-order valence-electron chi connectivity index (χ0n) is 15.2. The van der Waals surface area contributed by atoms with Crippen LogP contribution < -0.4 is 21.0 Å². The van der Waals surface area contributed by atoms with Gasteiger partial charge in [-0.3, -0.25) is 9.69 Å². The van der Waals surface area contributed by atoms with Crippen LogP contribution in [0.2, 0.25) is 0 Å². The lowest BCUT2D eigenvalue weighted by molar-refractivity contribution is 0.143. The fraction of sp³-hybridized carbons (Fsp3) is 0.211. The van der Waals surface area contributed by atoms with Gasteiger partial charge in [-0.2, -0.15) is 0 Å². The Kier molecular flexibility index (Phi) is 6.43. The van der Waals surface area contributed by atoms with Crippen molar-refractivity contribution in [2.45, 2.75) is 13.0 Å². The van der Waals surface area contributed by atoms with E-state index in [4.69, 9.17) is 17.0 Å². The zero-order chi connectivity index (χ0) is 21.1. The van der Waals surface area contributed by atoms with Gasteiger partial charge in [0, 0.05) is 16.6 Å². The van der Waals surface area contributed by atoms with Crippen molar-refractivity contribution in [3.8, 4) is 0 Å². The van der Waals surface area contributed by atoms with Gasteiger partial charge in [0.25, 0.3) is 0 Å². The number of ether oxygens (including phenoxy) is 1. The third kappa shape index (κ3) is 5.07. The Bertz CT molecular complexity index is 1010. The minimum atomic E-state index is -0.950. The van der Waals surface area contributed by atoms with Crippen LogP contribution in [0, 0.1) is 11.6 Å². The van der Waals surface area contributed by atoms with Gasteiger partial charge in [-0.1, -0.05) is 28.1 Å². The maximum absolute atomic E-state index is 14.6. The molecule has 1 aliphatic heterocycles. The minimum absolute atomic E-state index is 0.00325. The van der Waals surface area contributed by atoms with Crippen molar-refractivity contribution in [2.75, 3.05) is 23.3 Å². The number of nitrogens with zero attached hydrogens (tertiary/aromatic N) is 1. The van der Waals surface area contributed by atoms with Crippen molar-refractivity contribution in [1.29, 1.82) is 0 Å². The van der Waals surface area contributed by atoms with Gasteiger partial charge < -0.3 is 15.4 Å². The predicted octanol–water partition coefficient (Wildman–Crippen LogP) is 4.09. The zero-order valence-corrected chi connectivity index (χ0v) is 17.6. The number of hydrogen-bond acceptors (Lipinski definition) is 5. The average molecular weight is 484 g/mol. The highest BCUT2D eigenvalue weighted by Gasteiger charge is 2.33. The maximum Gasteiger partial charge on any atom is 0.414 e. The Hall–Kier alpha value is -2.59. The topological polar surface area (TPSA) is 70.7 Å². The number of cyclic esters (lactones) is 1. The second-order valence-corrected chi connectivity index (χ2v) is 7.82. The van der Waals surface area contributed by atoms with Gasteiger partial charge >= 0.3 is 6.09 Å². The molecule has 0 bridgehead atoms. The van der Waals surface area contributed by atoms with Crippen molar-refractivity contribution in [3.63, 3.8) is 0 Å². The highest BCUT2D eigenvalue weighted by atomic mass is 79.9. The lowest BCUT2D eigenvalue weighted by Gasteiger charge is -2.16. The van der Waals surface area contributed by atoms with Crippen LogP contribution in [-0.2, 0) is 4.74 Å². The molecule has 1 atom stereocenters. The van der Waals surface area contributed by atoms with E-state index in [0.717, 1.165) is 17.0 Å². The number of carbonyl (C=O) groups excluding carboxylic acids is 1. The van der Waals surface area contributed by atoms with Crippen LogP contribution in [0.4, 0.5) is 30.6 Å². The third-order valence-electron chi connectivity index (χ3n) is 4.12. The third-order valence-corrected chi connectivity index (χ3v) is 4.79. The van der Waals surface area contributed by atoms with E-state index in [2.05, 4.69) is 26.6 Å². The molecule has 3 rings (SSSR count). The summed E-state index contributed by atoms with van der Waals surface area (Å²) in [4.78, 5) is 25.8. The first-order valence-electron chi connectivity index (χ1n) is 8.53. The van der Waals surface area contributed by atoms with E-state index in [-0.39, 0.29) is 17.9 Å². The molecule has 1 heterocycles. The molecular weight excluding hydrogens is 468 g/mol. The molecule has 10 heteroatoms. The Morgan fingerprint density at radius 1 is 1.24 bits per heavy atom. The molecule has 0 saturated carbocycles. The molecule has 2 aromatic rings. The summed E-state index contributed by atoms with van der Waals surface area (Å²) in [5.74, 6) is -1.90. The van der Waals surface area contributed by atoms with E-state index in [1.165, 1.54) is 18.2 Å². The van der Waals surface area contributed by atoms with E-state index >= 15 is 0 Å². The van der Waals surface area contributed by atoms with E-state index < -0.39 is 34.9 Å². The van der Waals surface area contributed by atoms with Crippen LogP contribution in [0.25, 0.3) is 0 Å². The van der Waals surface area contributed by atoms with Gasteiger partial charge in [0.05, 0.1) is 29.5 Å². The molecule has 6 nitrogen and oxygen atoms in total. The fourth-order valence-electron chi connectivity index (χ4n) is 2.71. The van der Waals surface area contributed by atoms with Crippen molar-refractivity contribution < 1.29 is 18.3 Å². The number of nitrogens with one attached hydrogen (secondary N) is 2. The smallest absolute Gasteiger partial charge is 0.414 e. The van der Waals surface area contributed by atoms with Gasteiger partial charge in [-0.05, 0) is 31.2 Å². The lowest BCUT2D eigenvalue weighted by atomic mass is 10.2. The Balaban J connectivity index is 1.83. The highest BCUT2D eigenvalue weighted by molar-refractivity contribution is 9.10. The SMILES string of the molecule is CC(=S)NC[C@H]1CN(c2cc(F)c(Nc3ccc(Br)ccc3=O)c(F)c2)C(=O)O1. The van der Waals surface area contributed by atoms with Gasteiger partial charge in [-0.25, -0.2) is 13.6 Å². The molecule has 0 aromatic heterocycles. The molecule has 0 unspecified atom stereocenters. The number of hydrogen-bond donors (Lipinski definition) is 2. The summed E-state index contributed by atoms with van der Waals surface area (Å²) in [7, 11) is 0. The summed E-state index contributed by atoms with van der Waals surface area (Å²) < 4.78 is 35.0. The van der Waals surface area contributed by atoms with Crippen molar-refractivity contribution in [3.05, 3.63) is 62.7 Å². The molecule has 1 fully saturated rings. The number of amides is 1. The molecule has 1 aliphatic rings. The Morgan fingerprint density at radius 2 is 1.90 bits per heavy atom. The summed E-state index contributed by atoms with van der Waals surface area (Å²) in [6.45, 7) is 2.11. The lowest BCUT2D eigenvalue weighted by Crippen LogP contribution is -2.32. The Labute approximate surface area is 179 Å². The first-order chi connectivity index (χ1) is 13.7. The number of rotatable bonds is 5. The van der Waals surface area contributed by atoms with Crippen molar-refractivity contribution in [2.24, 2.45) is 0 Å². The second kappa shape index (κ2) is 8.83. The first kappa shape index (κ1) is 21.1. The summed E-state index contributed by atoms with van der Waals surface area (Å²) in [6, 6.07) is 7.80.